The summed E-state index contributed by atoms with van der Waals surface area (Å²) >= 11 is 0. The van der Waals surface area contributed by atoms with Gasteiger partial charge in [-0.15, -0.1) is 0 Å². The molecular formula is C14H22N4O2. The predicted molar refractivity (Wildman–Crippen MR) is 76.8 cm³/mol. The van der Waals surface area contributed by atoms with Gasteiger partial charge in [-0.2, -0.15) is 0 Å². The van der Waals surface area contributed by atoms with Crippen LogP contribution in [0.1, 0.15) is 26.3 Å². The number of nitrogens with zero attached hydrogens (tertiary/aromatic N) is 2. The van der Waals surface area contributed by atoms with E-state index in [1.807, 2.05) is 30.3 Å². The van der Waals surface area contributed by atoms with Crippen molar-refractivity contribution in [2.24, 2.45) is 11.7 Å². The normalized spacial score (nSPS) is 12.1. The summed E-state index contributed by atoms with van der Waals surface area (Å²) in [5.41, 5.74) is 1.05. The zero-order valence-electron chi connectivity index (χ0n) is 12.1. The minimum absolute atomic E-state index is 0.260. The summed E-state index contributed by atoms with van der Waals surface area (Å²) < 4.78 is 0. The fourth-order valence-electron chi connectivity index (χ4n) is 1.71. The Hall–Kier alpha value is -1.92. The summed E-state index contributed by atoms with van der Waals surface area (Å²) in [6, 6.07) is 9.07. The third kappa shape index (κ3) is 4.04. The largest absolute Gasteiger partial charge is 0.327 e. The zero-order valence-corrected chi connectivity index (χ0v) is 12.1. The van der Waals surface area contributed by atoms with Gasteiger partial charge in [-0.1, -0.05) is 30.3 Å². The van der Waals surface area contributed by atoms with E-state index in [2.05, 4.69) is 0 Å². The van der Waals surface area contributed by atoms with Gasteiger partial charge in [-0.05, 0) is 32.8 Å². The molecule has 110 valence electrons. The van der Waals surface area contributed by atoms with Gasteiger partial charge < -0.3 is 0 Å². The van der Waals surface area contributed by atoms with Crippen LogP contribution >= 0.6 is 0 Å². The summed E-state index contributed by atoms with van der Waals surface area (Å²) in [6.07, 6.45) is 0.572. The third-order valence-corrected chi connectivity index (χ3v) is 3.06. The molecule has 0 aliphatic rings. The zero-order chi connectivity index (χ0) is 15.3. The second-order valence-corrected chi connectivity index (χ2v) is 5.06. The Morgan fingerprint density at radius 2 is 1.50 bits per heavy atom. The fourth-order valence-corrected chi connectivity index (χ4v) is 1.71. The molecule has 4 N–H and O–H groups in total. The third-order valence-electron chi connectivity index (χ3n) is 3.06. The summed E-state index contributed by atoms with van der Waals surface area (Å²) in [6.45, 7) is 5.23. The van der Waals surface area contributed by atoms with E-state index in [9.17, 15) is 9.59 Å². The molecule has 0 bridgehead atoms. The van der Waals surface area contributed by atoms with Gasteiger partial charge in [0, 0.05) is 12.1 Å². The van der Waals surface area contributed by atoms with Gasteiger partial charge in [-0.25, -0.2) is 11.7 Å². The molecule has 0 saturated carbocycles. The van der Waals surface area contributed by atoms with Gasteiger partial charge in [0.15, 0.2) is 0 Å². The van der Waals surface area contributed by atoms with Crippen molar-refractivity contribution in [1.82, 2.24) is 10.0 Å². The summed E-state index contributed by atoms with van der Waals surface area (Å²) in [4.78, 5) is 23.8. The number of amides is 2. The van der Waals surface area contributed by atoms with E-state index in [1.54, 1.807) is 20.8 Å². The van der Waals surface area contributed by atoms with E-state index in [0.717, 1.165) is 15.6 Å². The molecule has 1 aromatic rings. The fraction of sp³-hybridized carbons (Fsp3) is 0.429. The Balaban J connectivity index is 2.67. The van der Waals surface area contributed by atoms with Gasteiger partial charge in [0.1, 0.15) is 0 Å². The summed E-state index contributed by atoms with van der Waals surface area (Å²) in [5, 5.41) is 1.83. The average Bonchev–Trinajstić information content (AvgIpc) is 2.44. The van der Waals surface area contributed by atoms with E-state index in [-0.39, 0.29) is 12.1 Å². The Bertz CT molecular complexity index is 462. The van der Waals surface area contributed by atoms with Gasteiger partial charge in [0.25, 0.3) is 0 Å². The SMILES string of the molecule is CC(C)N(N)C(=O)C(=O)N(N)C(C)Cc1ccccc1. The number of rotatable bonds is 4. The van der Waals surface area contributed by atoms with Crippen LogP contribution in [0, 0.1) is 0 Å². The first-order chi connectivity index (χ1) is 9.34. The number of carbonyl (C=O) groups is 2. The first-order valence-corrected chi connectivity index (χ1v) is 6.54. The molecule has 1 rings (SSSR count). The minimum Gasteiger partial charge on any atom is -0.270 e. The van der Waals surface area contributed by atoms with Crippen LogP contribution < -0.4 is 11.7 Å². The van der Waals surface area contributed by atoms with Crippen molar-refractivity contribution >= 4 is 11.8 Å². The average molecular weight is 278 g/mol. The molecule has 0 aliphatic heterocycles. The second-order valence-electron chi connectivity index (χ2n) is 5.06. The predicted octanol–water partition coefficient (Wildman–Crippen LogP) is 0.431. The van der Waals surface area contributed by atoms with E-state index in [0.29, 0.717) is 6.42 Å². The van der Waals surface area contributed by atoms with Crippen LogP contribution in [0.4, 0.5) is 0 Å². The van der Waals surface area contributed by atoms with Crippen LogP contribution in [0.25, 0.3) is 0 Å². The Morgan fingerprint density at radius 3 is 2.00 bits per heavy atom. The highest BCUT2D eigenvalue weighted by molar-refractivity contribution is 6.34. The number of benzene rings is 1. The minimum atomic E-state index is -0.803. The van der Waals surface area contributed by atoms with Crippen molar-refractivity contribution < 1.29 is 9.59 Å². The molecule has 20 heavy (non-hydrogen) atoms. The molecule has 6 heteroatoms. The molecule has 1 aromatic carbocycles. The molecule has 0 fully saturated rings. The van der Waals surface area contributed by atoms with Crippen LogP contribution in [0.5, 0.6) is 0 Å². The highest BCUT2D eigenvalue weighted by Crippen LogP contribution is 2.07. The molecule has 0 saturated heterocycles. The summed E-state index contributed by atoms with van der Waals surface area (Å²) in [5.74, 6) is 9.66. The molecule has 6 nitrogen and oxygen atoms in total. The molecule has 0 aromatic heterocycles. The van der Waals surface area contributed by atoms with E-state index in [1.165, 1.54) is 0 Å². The lowest BCUT2D eigenvalue weighted by Gasteiger charge is -2.27. The lowest BCUT2D eigenvalue weighted by atomic mass is 10.1. The standard InChI is InChI=1S/C14H22N4O2/c1-10(2)17(15)13(19)14(20)18(16)11(3)9-12-7-5-4-6-8-12/h4-8,10-11H,9,15-16H2,1-3H3. The first kappa shape index (κ1) is 16.1. The maximum atomic E-state index is 12.0. The topological polar surface area (TPSA) is 92.7 Å². The van der Waals surface area contributed by atoms with Crippen molar-refractivity contribution in [2.75, 3.05) is 0 Å². The smallest absolute Gasteiger partial charge is 0.270 e. The second kappa shape index (κ2) is 7.02. The number of carbonyl (C=O) groups excluding carboxylic acids is 2. The number of nitrogens with two attached hydrogens (primary N) is 2. The van der Waals surface area contributed by atoms with Crippen molar-refractivity contribution in [3.63, 3.8) is 0 Å². The molecule has 0 aliphatic carbocycles. The van der Waals surface area contributed by atoms with Crippen molar-refractivity contribution in [3.05, 3.63) is 35.9 Å². The van der Waals surface area contributed by atoms with Gasteiger partial charge in [0.05, 0.1) is 0 Å². The quantitative estimate of drug-likeness (QED) is 0.361. The number of hydrogen-bond acceptors (Lipinski definition) is 4. The molecular weight excluding hydrogens is 256 g/mol. The Labute approximate surface area is 119 Å². The highest BCUT2D eigenvalue weighted by Gasteiger charge is 2.28. The van der Waals surface area contributed by atoms with Crippen molar-refractivity contribution in [1.29, 1.82) is 0 Å². The monoisotopic (exact) mass is 278 g/mol. The van der Waals surface area contributed by atoms with Crippen molar-refractivity contribution in [3.8, 4) is 0 Å². The van der Waals surface area contributed by atoms with Crippen LogP contribution in [0.3, 0.4) is 0 Å². The van der Waals surface area contributed by atoms with E-state index >= 15 is 0 Å². The lowest BCUT2D eigenvalue weighted by Crippen LogP contribution is -2.55. The number of hydrazine groups is 2. The van der Waals surface area contributed by atoms with E-state index in [4.69, 9.17) is 11.7 Å². The molecule has 0 spiro atoms. The van der Waals surface area contributed by atoms with Crippen LogP contribution in [0.2, 0.25) is 0 Å². The maximum Gasteiger partial charge on any atom is 0.327 e. The molecule has 0 heterocycles. The van der Waals surface area contributed by atoms with Crippen LogP contribution in [-0.2, 0) is 16.0 Å². The summed E-state index contributed by atoms with van der Waals surface area (Å²) in [7, 11) is 0. The first-order valence-electron chi connectivity index (χ1n) is 6.54. The highest BCUT2D eigenvalue weighted by atomic mass is 16.2. The van der Waals surface area contributed by atoms with Crippen LogP contribution in [-0.4, -0.2) is 33.9 Å². The molecule has 2 amide bonds. The Morgan fingerprint density at radius 1 is 1.00 bits per heavy atom. The van der Waals surface area contributed by atoms with E-state index < -0.39 is 11.8 Å². The van der Waals surface area contributed by atoms with Crippen molar-refractivity contribution in [2.45, 2.75) is 39.3 Å². The van der Waals surface area contributed by atoms with Crippen LogP contribution in [0.15, 0.2) is 30.3 Å². The van der Waals surface area contributed by atoms with Gasteiger partial charge in [-0.3, -0.25) is 19.6 Å². The molecule has 0 radical (unpaired) electrons. The molecule has 1 unspecified atom stereocenters. The Kier molecular flexibility index (Phi) is 5.66. The lowest BCUT2D eigenvalue weighted by molar-refractivity contribution is -0.154. The van der Waals surface area contributed by atoms with Gasteiger partial charge in [0.2, 0.25) is 0 Å². The van der Waals surface area contributed by atoms with Gasteiger partial charge >= 0.3 is 11.8 Å². The number of hydrogen-bond donors (Lipinski definition) is 2. The maximum absolute atomic E-state index is 12.0. The molecule has 1 atom stereocenters.